The third-order valence-electron chi connectivity index (χ3n) is 6.15. The van der Waals surface area contributed by atoms with E-state index in [1.54, 1.807) is 31.4 Å². The van der Waals surface area contributed by atoms with Crippen molar-refractivity contribution in [1.82, 2.24) is 4.57 Å². The summed E-state index contributed by atoms with van der Waals surface area (Å²) in [4.78, 5) is 24.0. The lowest BCUT2D eigenvalue weighted by Gasteiger charge is -2.14. The maximum absolute atomic E-state index is 12.1. The van der Waals surface area contributed by atoms with Crippen LogP contribution in [0.2, 0.25) is 0 Å². The topological polar surface area (TPSA) is 87.0 Å². The van der Waals surface area contributed by atoms with E-state index in [9.17, 15) is 14.7 Å². The number of nitrogens with zero attached hydrogens (tertiary/aromatic N) is 1. The van der Waals surface area contributed by atoms with E-state index in [1.807, 2.05) is 31.2 Å². The number of methoxy groups -OCH3 is 1. The molecule has 4 aromatic rings. The van der Waals surface area contributed by atoms with Gasteiger partial charge >= 0.3 is 11.9 Å². The van der Waals surface area contributed by atoms with Crippen molar-refractivity contribution in [2.75, 3.05) is 20.3 Å². The van der Waals surface area contributed by atoms with E-state index in [1.165, 1.54) is 5.56 Å². The van der Waals surface area contributed by atoms with Crippen molar-refractivity contribution in [3.8, 4) is 11.5 Å². The van der Waals surface area contributed by atoms with E-state index in [0.29, 0.717) is 30.2 Å². The SMILES string of the molecule is CCCOC(=O)COc1ccc2c(c1)c1c(C(=O)O)cccc1n2Cc1cc(OC)cc(C(C)C)c1. The summed E-state index contributed by atoms with van der Waals surface area (Å²) in [7, 11) is 1.66. The molecule has 0 radical (unpaired) electrons. The number of hydrogen-bond donors (Lipinski definition) is 1. The highest BCUT2D eigenvalue weighted by molar-refractivity contribution is 6.17. The van der Waals surface area contributed by atoms with Gasteiger partial charge < -0.3 is 23.9 Å². The van der Waals surface area contributed by atoms with E-state index >= 15 is 0 Å². The molecular weight excluding hydrogens is 458 g/mol. The summed E-state index contributed by atoms with van der Waals surface area (Å²) < 4.78 is 18.4. The number of esters is 1. The van der Waals surface area contributed by atoms with Gasteiger partial charge in [-0.25, -0.2) is 9.59 Å². The fourth-order valence-corrected chi connectivity index (χ4v) is 4.38. The van der Waals surface area contributed by atoms with Gasteiger partial charge in [0.1, 0.15) is 11.5 Å². The van der Waals surface area contributed by atoms with Gasteiger partial charge in [0.15, 0.2) is 6.61 Å². The van der Waals surface area contributed by atoms with Crippen LogP contribution in [-0.2, 0) is 16.1 Å². The molecule has 0 bridgehead atoms. The Hall–Kier alpha value is -4.00. The predicted molar refractivity (Wildman–Crippen MR) is 139 cm³/mol. The lowest BCUT2D eigenvalue weighted by Crippen LogP contribution is -2.15. The van der Waals surface area contributed by atoms with Crippen LogP contribution in [-0.4, -0.2) is 41.9 Å². The molecule has 3 aromatic carbocycles. The molecule has 0 atom stereocenters. The molecule has 36 heavy (non-hydrogen) atoms. The number of carbonyl (C=O) groups is 2. The van der Waals surface area contributed by atoms with Gasteiger partial charge in [-0.3, -0.25) is 0 Å². The van der Waals surface area contributed by atoms with E-state index < -0.39 is 11.9 Å². The number of benzene rings is 3. The second kappa shape index (κ2) is 10.7. The molecule has 188 valence electrons. The second-order valence-electron chi connectivity index (χ2n) is 9.05. The van der Waals surface area contributed by atoms with Crippen LogP contribution in [0.15, 0.2) is 54.6 Å². The molecule has 0 aliphatic carbocycles. The van der Waals surface area contributed by atoms with Gasteiger partial charge in [-0.05, 0) is 65.9 Å². The van der Waals surface area contributed by atoms with Gasteiger partial charge in [-0.1, -0.05) is 32.9 Å². The molecule has 0 fully saturated rings. The van der Waals surface area contributed by atoms with Gasteiger partial charge in [0, 0.05) is 22.8 Å². The van der Waals surface area contributed by atoms with Gasteiger partial charge in [0.05, 0.1) is 24.8 Å². The van der Waals surface area contributed by atoms with Crippen molar-refractivity contribution in [2.24, 2.45) is 0 Å². The number of aromatic carboxylic acids is 1. The largest absolute Gasteiger partial charge is 0.497 e. The summed E-state index contributed by atoms with van der Waals surface area (Å²) in [6.07, 6.45) is 0.737. The summed E-state index contributed by atoms with van der Waals surface area (Å²) in [5.74, 6) is 0.147. The molecule has 1 heterocycles. The van der Waals surface area contributed by atoms with Crippen LogP contribution in [0.1, 0.15) is 54.6 Å². The Balaban J connectivity index is 1.82. The average Bonchev–Trinajstić information content (AvgIpc) is 3.18. The van der Waals surface area contributed by atoms with Crippen LogP contribution in [0.4, 0.5) is 0 Å². The maximum atomic E-state index is 12.1. The molecule has 4 rings (SSSR count). The van der Waals surface area contributed by atoms with Crippen LogP contribution >= 0.6 is 0 Å². The first-order chi connectivity index (χ1) is 17.3. The van der Waals surface area contributed by atoms with E-state index in [4.69, 9.17) is 14.2 Å². The first kappa shape index (κ1) is 25.1. The third kappa shape index (κ3) is 5.15. The highest BCUT2D eigenvalue weighted by Gasteiger charge is 2.19. The Morgan fingerprint density at radius 2 is 1.81 bits per heavy atom. The standard InChI is InChI=1S/C29H31NO6/c1-5-11-35-27(31)17-36-21-9-10-25-24(15-21)28-23(29(32)33)7-6-8-26(28)30(25)16-19-12-20(18(2)3)14-22(13-19)34-4/h6-10,12-15,18H,5,11,16-17H2,1-4H3,(H,32,33). The minimum absolute atomic E-state index is 0.211. The molecule has 0 saturated carbocycles. The van der Waals surface area contributed by atoms with E-state index in [0.717, 1.165) is 34.2 Å². The Morgan fingerprint density at radius 3 is 2.50 bits per heavy atom. The van der Waals surface area contributed by atoms with Gasteiger partial charge in [0.2, 0.25) is 0 Å². The third-order valence-corrected chi connectivity index (χ3v) is 6.15. The summed E-state index contributed by atoms with van der Waals surface area (Å²) in [6, 6.07) is 17.0. The Bertz CT molecular complexity index is 1420. The molecule has 7 heteroatoms. The second-order valence-corrected chi connectivity index (χ2v) is 9.05. The average molecular weight is 490 g/mol. The molecule has 0 aliphatic rings. The molecule has 1 N–H and O–H groups in total. The quantitative estimate of drug-likeness (QED) is 0.275. The molecule has 0 unspecified atom stereocenters. The normalized spacial score (nSPS) is 11.2. The van der Waals surface area contributed by atoms with Crippen molar-refractivity contribution in [3.63, 3.8) is 0 Å². The van der Waals surface area contributed by atoms with Crippen LogP contribution in [0.3, 0.4) is 0 Å². The van der Waals surface area contributed by atoms with Gasteiger partial charge in [-0.2, -0.15) is 0 Å². The smallest absolute Gasteiger partial charge is 0.344 e. The number of carboxylic acid groups (broad SMARTS) is 1. The van der Waals surface area contributed by atoms with Crippen LogP contribution in [0.5, 0.6) is 11.5 Å². The molecule has 1 aromatic heterocycles. The fraction of sp³-hybridized carbons (Fsp3) is 0.310. The maximum Gasteiger partial charge on any atom is 0.344 e. The summed E-state index contributed by atoms with van der Waals surface area (Å²) in [6.45, 7) is 6.86. The summed E-state index contributed by atoms with van der Waals surface area (Å²) in [5, 5.41) is 11.3. The zero-order valence-electron chi connectivity index (χ0n) is 21.0. The Labute approximate surface area is 210 Å². The zero-order valence-corrected chi connectivity index (χ0v) is 21.0. The van der Waals surface area contributed by atoms with Crippen LogP contribution < -0.4 is 9.47 Å². The number of aromatic nitrogens is 1. The van der Waals surface area contributed by atoms with E-state index in [-0.39, 0.29) is 12.2 Å². The Morgan fingerprint density at radius 1 is 1.00 bits per heavy atom. The van der Waals surface area contributed by atoms with Gasteiger partial charge in [-0.15, -0.1) is 0 Å². The number of fused-ring (bicyclic) bond motifs is 3. The number of ether oxygens (including phenoxy) is 3. The summed E-state index contributed by atoms with van der Waals surface area (Å²) in [5.41, 5.74) is 4.11. The van der Waals surface area contributed by atoms with Crippen molar-refractivity contribution >= 4 is 33.7 Å². The predicted octanol–water partition coefficient (Wildman–Crippen LogP) is 6.01. The van der Waals surface area contributed by atoms with Crippen LogP contribution in [0, 0.1) is 0 Å². The highest BCUT2D eigenvalue weighted by atomic mass is 16.6. The van der Waals surface area contributed by atoms with Gasteiger partial charge in [0.25, 0.3) is 0 Å². The van der Waals surface area contributed by atoms with Crippen LogP contribution in [0.25, 0.3) is 21.8 Å². The van der Waals surface area contributed by atoms with Crippen molar-refractivity contribution < 1.29 is 28.9 Å². The Kier molecular flexibility index (Phi) is 7.48. The number of hydrogen-bond acceptors (Lipinski definition) is 5. The molecule has 7 nitrogen and oxygen atoms in total. The highest BCUT2D eigenvalue weighted by Crippen LogP contribution is 2.35. The van der Waals surface area contributed by atoms with Crippen molar-refractivity contribution in [3.05, 3.63) is 71.3 Å². The monoisotopic (exact) mass is 489 g/mol. The minimum Gasteiger partial charge on any atom is -0.497 e. The fourth-order valence-electron chi connectivity index (χ4n) is 4.38. The van der Waals surface area contributed by atoms with Crippen molar-refractivity contribution in [1.29, 1.82) is 0 Å². The lowest BCUT2D eigenvalue weighted by atomic mass is 10.00. The number of carbonyl (C=O) groups excluding carboxylic acids is 1. The number of rotatable bonds is 10. The number of carboxylic acids is 1. The summed E-state index contributed by atoms with van der Waals surface area (Å²) >= 11 is 0. The van der Waals surface area contributed by atoms with Crippen molar-refractivity contribution in [2.45, 2.75) is 39.7 Å². The minimum atomic E-state index is -1.00. The zero-order chi connectivity index (χ0) is 25.8. The molecule has 0 spiro atoms. The molecule has 0 aliphatic heterocycles. The first-order valence-electron chi connectivity index (χ1n) is 12.1. The molecule has 0 saturated heterocycles. The van der Waals surface area contributed by atoms with E-state index in [2.05, 4.69) is 24.5 Å². The lowest BCUT2D eigenvalue weighted by molar-refractivity contribution is -0.146. The first-order valence-corrected chi connectivity index (χ1v) is 12.1. The molecule has 0 amide bonds. The molecular formula is C29H31NO6.